The molecule has 0 spiro atoms. The smallest absolute Gasteiger partial charge is 0.255 e. The Kier molecular flexibility index (Phi) is 4.00. The summed E-state index contributed by atoms with van der Waals surface area (Å²) in [4.78, 5) is 18.5. The van der Waals surface area contributed by atoms with E-state index in [0.29, 0.717) is 6.54 Å². The molecule has 0 saturated carbocycles. The summed E-state index contributed by atoms with van der Waals surface area (Å²) in [5.41, 5.74) is 2.66. The van der Waals surface area contributed by atoms with Gasteiger partial charge in [0.15, 0.2) is 0 Å². The maximum Gasteiger partial charge on any atom is 0.255 e. The van der Waals surface area contributed by atoms with Gasteiger partial charge >= 0.3 is 0 Å². The molecule has 1 heterocycles. The fourth-order valence-electron chi connectivity index (χ4n) is 2.72. The maximum absolute atomic E-state index is 12.3. The van der Waals surface area contributed by atoms with Crippen LogP contribution in [-0.4, -0.2) is 22.2 Å². The van der Waals surface area contributed by atoms with Gasteiger partial charge in [0.1, 0.15) is 11.4 Å². The summed E-state index contributed by atoms with van der Waals surface area (Å²) in [6.07, 6.45) is 0. The molecule has 3 rings (SSSR count). The summed E-state index contributed by atoms with van der Waals surface area (Å²) < 4.78 is 0. The van der Waals surface area contributed by atoms with Crippen LogP contribution in [0.1, 0.15) is 26.3 Å². The molecule has 0 aromatic heterocycles. The van der Waals surface area contributed by atoms with Crippen molar-refractivity contribution in [2.45, 2.75) is 32.9 Å². The van der Waals surface area contributed by atoms with Gasteiger partial charge in [0.05, 0.1) is 6.54 Å². The summed E-state index contributed by atoms with van der Waals surface area (Å²) in [6.45, 7) is 6.16. The second kappa shape index (κ2) is 5.76. The van der Waals surface area contributed by atoms with Gasteiger partial charge in [0, 0.05) is 0 Å². The van der Waals surface area contributed by atoms with Gasteiger partial charge in [-0.15, -0.1) is 35.9 Å². The predicted molar refractivity (Wildman–Crippen MR) is 88.5 cm³/mol. The molecule has 0 fully saturated rings. The Morgan fingerprint density at radius 1 is 1.13 bits per heavy atom. The molecule has 1 amide bonds. The largest absolute Gasteiger partial charge is 0.294 e. The van der Waals surface area contributed by atoms with Gasteiger partial charge in [-0.3, -0.25) is 14.7 Å². The molecule has 2 aromatic rings. The van der Waals surface area contributed by atoms with Gasteiger partial charge in [-0.25, -0.2) is 0 Å². The molecule has 23 heavy (non-hydrogen) atoms. The minimum absolute atomic E-state index is 0. The van der Waals surface area contributed by atoms with E-state index in [2.05, 4.69) is 35.3 Å². The monoisotopic (exact) mass is 559 g/mol. The summed E-state index contributed by atoms with van der Waals surface area (Å²) in [6, 6.07) is 19.4. The van der Waals surface area contributed by atoms with Crippen molar-refractivity contribution in [3.63, 3.8) is 0 Å². The van der Waals surface area contributed by atoms with Crippen molar-refractivity contribution >= 4 is 11.7 Å². The molecule has 1 aliphatic rings. The number of aliphatic imine (C=N–C) groups is 1. The number of nitrogens with zero attached hydrogens (tertiary/aromatic N) is 2. The first-order chi connectivity index (χ1) is 10.5. The van der Waals surface area contributed by atoms with Crippen molar-refractivity contribution in [3.8, 4) is 11.1 Å². The molecule has 114 valence electrons. The molecular formula is C19H19DbN2O-. The Balaban J connectivity index is 0.00000192. The van der Waals surface area contributed by atoms with Gasteiger partial charge in [-0.05, 0) is 26.3 Å². The average molecular weight is 559 g/mol. The van der Waals surface area contributed by atoms with E-state index in [-0.39, 0.29) is 5.91 Å². The third kappa shape index (κ3) is 2.95. The first-order valence-electron chi connectivity index (χ1n) is 7.42. The molecule has 0 radical (unpaired) electrons. The molecule has 0 atom stereocenters. The number of amides is 1. The van der Waals surface area contributed by atoms with Crippen LogP contribution < -0.4 is 0 Å². The first-order valence-corrected chi connectivity index (χ1v) is 7.42. The quantitative estimate of drug-likeness (QED) is 0.529. The Morgan fingerprint density at radius 3 is 2.35 bits per heavy atom. The van der Waals surface area contributed by atoms with Crippen LogP contribution in [0.5, 0.6) is 0 Å². The Bertz CT molecular complexity index is 721. The predicted octanol–water partition coefficient (Wildman–Crippen LogP) is 3.69. The topological polar surface area (TPSA) is 32.7 Å². The Morgan fingerprint density at radius 2 is 1.83 bits per heavy atom. The van der Waals surface area contributed by atoms with Crippen LogP contribution in [0.3, 0.4) is 0 Å². The van der Waals surface area contributed by atoms with E-state index in [1.54, 1.807) is 4.90 Å². The zero-order chi connectivity index (χ0) is 15.7. The van der Waals surface area contributed by atoms with Crippen LogP contribution in [-0.2, 0) is 11.3 Å². The molecule has 0 bridgehead atoms. The molecule has 3 nitrogen and oxygen atoms in total. The van der Waals surface area contributed by atoms with Crippen LogP contribution >= 0.6 is 0 Å². The number of benzene rings is 2. The molecular weight excluding hydrogens is 540 g/mol. The fraction of sp³-hybridized carbons (Fsp3) is 0.263. The number of carbonyl (C=O) groups is 1. The van der Waals surface area contributed by atoms with Gasteiger partial charge in [-0.1, -0.05) is 29.8 Å². The molecule has 4 heteroatoms. The minimum atomic E-state index is -0.636. The zero-order valence-corrected chi connectivity index (χ0v) is 20.3. The normalized spacial score (nSPS) is 16.0. The standard InChI is InChI=1S/C19H19N2O.Db/c1-14-20-19(2,3)18(22)21(14)13-15-9-11-17(12-10-15)16-7-5-4-6-8-16;/h4-7,9-12H,13H2,1-3H3;/q-1;. The van der Waals surface area contributed by atoms with Crippen molar-refractivity contribution in [1.29, 1.82) is 0 Å². The first kappa shape index (κ1) is 16.0. The number of hydrogen-bond donors (Lipinski definition) is 0. The summed E-state index contributed by atoms with van der Waals surface area (Å²) in [5.74, 6) is 0.848. The van der Waals surface area contributed by atoms with Crippen molar-refractivity contribution < 1.29 is 4.79 Å². The van der Waals surface area contributed by atoms with Crippen LogP contribution in [0.25, 0.3) is 11.1 Å². The van der Waals surface area contributed by atoms with Crippen molar-refractivity contribution in [1.82, 2.24) is 4.90 Å². The van der Waals surface area contributed by atoms with E-state index in [9.17, 15) is 4.79 Å². The second-order valence-corrected chi connectivity index (χ2v) is 6.08. The SMILES string of the molecule is CC1=NC(C)(C)C(=O)N1Cc1ccc(-c2[c-]cccc2)cc1.[Db]. The molecule has 0 N–H and O–H groups in total. The van der Waals surface area contributed by atoms with Crippen molar-refractivity contribution in [2.24, 2.45) is 4.99 Å². The third-order valence-electron chi connectivity index (χ3n) is 3.92. The van der Waals surface area contributed by atoms with Crippen LogP contribution in [0.2, 0.25) is 0 Å². The van der Waals surface area contributed by atoms with E-state index < -0.39 is 5.54 Å². The average Bonchev–Trinajstić information content (AvgIpc) is 2.71. The number of carbonyl (C=O) groups excluding carboxylic acids is 1. The second-order valence-electron chi connectivity index (χ2n) is 6.08. The van der Waals surface area contributed by atoms with E-state index in [0.717, 1.165) is 22.5 Å². The van der Waals surface area contributed by atoms with Crippen LogP contribution in [0.15, 0.2) is 53.5 Å². The summed E-state index contributed by atoms with van der Waals surface area (Å²) >= 11 is 0. The Labute approximate surface area is 131 Å². The summed E-state index contributed by atoms with van der Waals surface area (Å²) in [7, 11) is 0. The van der Waals surface area contributed by atoms with E-state index in [4.69, 9.17) is 0 Å². The number of hydrogen-bond acceptors (Lipinski definition) is 2. The van der Waals surface area contributed by atoms with Gasteiger partial charge in [0.25, 0.3) is 5.91 Å². The molecule has 0 saturated heterocycles. The van der Waals surface area contributed by atoms with E-state index in [1.807, 2.05) is 45.0 Å². The number of amidine groups is 1. The summed E-state index contributed by atoms with van der Waals surface area (Å²) in [5, 5.41) is 0. The fourth-order valence-corrected chi connectivity index (χ4v) is 2.72. The third-order valence-corrected chi connectivity index (χ3v) is 3.92. The zero-order valence-electron chi connectivity index (χ0n) is 13.8. The van der Waals surface area contributed by atoms with Crippen LogP contribution in [0.4, 0.5) is 0 Å². The minimum Gasteiger partial charge on any atom is -0.294 e. The molecule has 0 aliphatic carbocycles. The number of rotatable bonds is 3. The molecule has 1 aliphatic heterocycles. The van der Waals surface area contributed by atoms with Gasteiger partial charge in [0.2, 0.25) is 0 Å². The van der Waals surface area contributed by atoms with Crippen molar-refractivity contribution in [2.75, 3.05) is 0 Å². The molecule has 0 unspecified atom stereocenters. The molecule has 2 aromatic carbocycles. The van der Waals surface area contributed by atoms with Crippen LogP contribution in [0, 0.1) is 6.07 Å². The van der Waals surface area contributed by atoms with Gasteiger partial charge in [-0.2, -0.15) is 0 Å². The van der Waals surface area contributed by atoms with E-state index >= 15 is 0 Å². The van der Waals surface area contributed by atoms with E-state index in [1.165, 1.54) is 0 Å². The van der Waals surface area contributed by atoms with Crippen molar-refractivity contribution in [3.05, 3.63) is 60.2 Å². The Hall–Kier alpha value is -3.42. The maximum atomic E-state index is 12.3. The van der Waals surface area contributed by atoms with Gasteiger partial charge < -0.3 is 0 Å².